The van der Waals surface area contributed by atoms with Crippen LogP contribution in [0.4, 0.5) is 5.82 Å². The van der Waals surface area contributed by atoms with E-state index in [2.05, 4.69) is 20.4 Å². The van der Waals surface area contributed by atoms with Crippen molar-refractivity contribution in [3.63, 3.8) is 0 Å². The van der Waals surface area contributed by atoms with Crippen LogP contribution in [0.5, 0.6) is 0 Å². The molecule has 124 valence electrons. The Morgan fingerprint density at radius 3 is 2.58 bits per heavy atom. The molecule has 1 aromatic carbocycles. The summed E-state index contributed by atoms with van der Waals surface area (Å²) in [5, 5.41) is 8.61. The minimum atomic E-state index is -2.87. The predicted octanol–water partition coefficient (Wildman–Crippen LogP) is 1.80. The maximum absolute atomic E-state index is 11.6. The molecule has 1 fully saturated rings. The van der Waals surface area contributed by atoms with Crippen LogP contribution in [0, 0.1) is 0 Å². The standard InChI is InChI=1S/C16H17N5O2S/c22-24(23)8-6-12(7-9-24)20-15-14-10-19-21(16(14)18-11-17-15)13-4-2-1-3-5-13/h1-5,10-12H,6-9H2,(H,17,18,20). The van der Waals surface area contributed by atoms with Crippen LogP contribution in [-0.4, -0.2) is 45.7 Å². The van der Waals surface area contributed by atoms with E-state index in [0.717, 1.165) is 16.7 Å². The van der Waals surface area contributed by atoms with E-state index in [4.69, 9.17) is 0 Å². The van der Waals surface area contributed by atoms with Crippen LogP contribution < -0.4 is 5.32 Å². The largest absolute Gasteiger partial charge is 0.367 e. The zero-order valence-electron chi connectivity index (χ0n) is 13.0. The van der Waals surface area contributed by atoms with E-state index >= 15 is 0 Å². The third kappa shape index (κ3) is 2.84. The van der Waals surface area contributed by atoms with Crippen LogP contribution >= 0.6 is 0 Å². The van der Waals surface area contributed by atoms with Crippen molar-refractivity contribution >= 4 is 26.7 Å². The van der Waals surface area contributed by atoms with Crippen molar-refractivity contribution in [3.05, 3.63) is 42.9 Å². The zero-order chi connectivity index (χ0) is 16.6. The van der Waals surface area contributed by atoms with Gasteiger partial charge in [0.15, 0.2) is 5.65 Å². The third-order valence-electron chi connectivity index (χ3n) is 4.26. The summed E-state index contributed by atoms with van der Waals surface area (Å²) >= 11 is 0. The predicted molar refractivity (Wildman–Crippen MR) is 92.0 cm³/mol. The molecule has 2 aromatic heterocycles. The van der Waals surface area contributed by atoms with Gasteiger partial charge in [0.1, 0.15) is 22.0 Å². The first kappa shape index (κ1) is 15.1. The minimum absolute atomic E-state index is 0.103. The molecule has 24 heavy (non-hydrogen) atoms. The molecule has 1 saturated heterocycles. The number of rotatable bonds is 3. The fourth-order valence-corrected chi connectivity index (χ4v) is 4.44. The van der Waals surface area contributed by atoms with Gasteiger partial charge in [0, 0.05) is 6.04 Å². The lowest BCUT2D eigenvalue weighted by atomic mass is 10.1. The smallest absolute Gasteiger partial charge is 0.168 e. The Bertz CT molecular complexity index is 955. The Morgan fingerprint density at radius 1 is 1.08 bits per heavy atom. The van der Waals surface area contributed by atoms with E-state index in [1.807, 2.05) is 30.3 Å². The van der Waals surface area contributed by atoms with Gasteiger partial charge in [0.05, 0.1) is 28.8 Å². The summed E-state index contributed by atoms with van der Waals surface area (Å²) in [4.78, 5) is 8.67. The highest BCUT2D eigenvalue weighted by Gasteiger charge is 2.24. The van der Waals surface area contributed by atoms with Crippen molar-refractivity contribution < 1.29 is 8.42 Å². The van der Waals surface area contributed by atoms with Crippen LogP contribution in [0.3, 0.4) is 0 Å². The van der Waals surface area contributed by atoms with Gasteiger partial charge in [-0.2, -0.15) is 5.10 Å². The van der Waals surface area contributed by atoms with Crippen molar-refractivity contribution in [1.29, 1.82) is 0 Å². The summed E-state index contributed by atoms with van der Waals surface area (Å²) < 4.78 is 24.9. The third-order valence-corrected chi connectivity index (χ3v) is 5.98. The molecule has 0 unspecified atom stereocenters. The van der Waals surface area contributed by atoms with E-state index in [9.17, 15) is 8.42 Å². The van der Waals surface area contributed by atoms with E-state index in [0.29, 0.717) is 18.7 Å². The number of para-hydroxylation sites is 1. The van der Waals surface area contributed by atoms with Gasteiger partial charge >= 0.3 is 0 Å². The Hall–Kier alpha value is -2.48. The van der Waals surface area contributed by atoms with E-state index in [1.54, 1.807) is 10.9 Å². The Labute approximate surface area is 139 Å². The SMILES string of the molecule is O=S1(=O)CCC(Nc2ncnc3c2cnn3-c2ccccc2)CC1. The van der Waals surface area contributed by atoms with Crippen molar-refractivity contribution in [1.82, 2.24) is 19.7 Å². The second-order valence-corrected chi connectivity index (χ2v) is 8.23. The summed E-state index contributed by atoms with van der Waals surface area (Å²) in [6.45, 7) is 0. The first-order valence-electron chi connectivity index (χ1n) is 7.83. The Morgan fingerprint density at radius 2 is 1.83 bits per heavy atom. The molecule has 1 aliphatic rings. The van der Waals surface area contributed by atoms with Crippen molar-refractivity contribution in [3.8, 4) is 5.69 Å². The van der Waals surface area contributed by atoms with E-state index in [1.165, 1.54) is 6.33 Å². The first-order chi connectivity index (χ1) is 11.6. The maximum atomic E-state index is 11.6. The van der Waals surface area contributed by atoms with E-state index in [-0.39, 0.29) is 17.5 Å². The van der Waals surface area contributed by atoms with Gasteiger partial charge in [-0.3, -0.25) is 0 Å². The molecule has 0 amide bonds. The fraction of sp³-hybridized carbons (Fsp3) is 0.312. The average Bonchev–Trinajstić information content (AvgIpc) is 3.03. The normalized spacial score (nSPS) is 17.8. The molecule has 7 nitrogen and oxygen atoms in total. The molecule has 0 aliphatic carbocycles. The molecule has 1 N–H and O–H groups in total. The second kappa shape index (κ2) is 5.86. The van der Waals surface area contributed by atoms with Crippen molar-refractivity contribution in [2.45, 2.75) is 18.9 Å². The lowest BCUT2D eigenvalue weighted by Gasteiger charge is -2.23. The number of aromatic nitrogens is 4. The molecule has 0 bridgehead atoms. The van der Waals surface area contributed by atoms with Gasteiger partial charge < -0.3 is 5.32 Å². The van der Waals surface area contributed by atoms with Gasteiger partial charge in [0.25, 0.3) is 0 Å². The molecular weight excluding hydrogens is 326 g/mol. The van der Waals surface area contributed by atoms with Gasteiger partial charge in [-0.15, -0.1) is 0 Å². The number of nitrogens with zero attached hydrogens (tertiary/aromatic N) is 4. The fourth-order valence-electron chi connectivity index (χ4n) is 2.94. The summed E-state index contributed by atoms with van der Waals surface area (Å²) in [6, 6.07) is 9.89. The molecule has 3 heterocycles. The minimum Gasteiger partial charge on any atom is -0.367 e. The number of nitrogens with one attached hydrogen (secondary N) is 1. The highest BCUT2D eigenvalue weighted by atomic mass is 32.2. The molecule has 0 atom stereocenters. The number of anilines is 1. The molecule has 0 saturated carbocycles. The lowest BCUT2D eigenvalue weighted by molar-refractivity contribution is 0.559. The van der Waals surface area contributed by atoms with Gasteiger partial charge in [0.2, 0.25) is 0 Å². The Kier molecular flexibility index (Phi) is 3.68. The van der Waals surface area contributed by atoms with Gasteiger partial charge in [-0.1, -0.05) is 18.2 Å². The summed E-state index contributed by atoms with van der Waals surface area (Å²) in [5.74, 6) is 1.15. The molecule has 1 aliphatic heterocycles. The van der Waals surface area contributed by atoms with Crippen molar-refractivity contribution in [2.75, 3.05) is 16.8 Å². The highest BCUT2D eigenvalue weighted by molar-refractivity contribution is 7.91. The number of hydrogen-bond acceptors (Lipinski definition) is 6. The highest BCUT2D eigenvalue weighted by Crippen LogP contribution is 2.24. The topological polar surface area (TPSA) is 89.8 Å². The van der Waals surface area contributed by atoms with Crippen LogP contribution in [0.15, 0.2) is 42.9 Å². The summed E-state index contributed by atoms with van der Waals surface area (Å²) in [7, 11) is -2.87. The van der Waals surface area contributed by atoms with Crippen LogP contribution in [0.25, 0.3) is 16.7 Å². The lowest BCUT2D eigenvalue weighted by Crippen LogP contribution is -2.32. The maximum Gasteiger partial charge on any atom is 0.168 e. The molecule has 3 aromatic rings. The monoisotopic (exact) mass is 343 g/mol. The number of fused-ring (bicyclic) bond motifs is 1. The van der Waals surface area contributed by atoms with Crippen LogP contribution in [0.2, 0.25) is 0 Å². The average molecular weight is 343 g/mol. The molecule has 8 heteroatoms. The second-order valence-electron chi connectivity index (χ2n) is 5.92. The van der Waals surface area contributed by atoms with Gasteiger partial charge in [-0.05, 0) is 25.0 Å². The summed E-state index contributed by atoms with van der Waals surface area (Å²) in [6.07, 6.45) is 4.44. The number of hydrogen-bond donors (Lipinski definition) is 1. The molecular formula is C16H17N5O2S. The number of benzene rings is 1. The number of sulfone groups is 1. The van der Waals surface area contributed by atoms with E-state index < -0.39 is 9.84 Å². The Balaban J connectivity index is 1.64. The molecule has 0 radical (unpaired) electrons. The molecule has 4 rings (SSSR count). The van der Waals surface area contributed by atoms with Crippen molar-refractivity contribution in [2.24, 2.45) is 0 Å². The molecule has 0 spiro atoms. The summed E-state index contributed by atoms with van der Waals surface area (Å²) in [5.41, 5.74) is 1.66. The van der Waals surface area contributed by atoms with Gasteiger partial charge in [-0.25, -0.2) is 23.1 Å². The zero-order valence-corrected chi connectivity index (χ0v) is 13.8. The van der Waals surface area contributed by atoms with Crippen LogP contribution in [0.1, 0.15) is 12.8 Å². The van der Waals surface area contributed by atoms with Crippen LogP contribution in [-0.2, 0) is 9.84 Å². The first-order valence-corrected chi connectivity index (χ1v) is 9.66. The quantitative estimate of drug-likeness (QED) is 0.780.